The number of rotatable bonds is 3. The average Bonchev–Trinajstić information content (AvgIpc) is 3.02. The molecular weight excluding hydrogens is 212 g/mol. The number of aryl methyl sites for hydroxylation is 1. The molecule has 90 valence electrons. The topological polar surface area (TPSA) is 42.2 Å². The lowest BCUT2D eigenvalue weighted by atomic mass is 9.99. The molecule has 4 nitrogen and oxygen atoms in total. The number of aromatic nitrogens is 3. The van der Waals surface area contributed by atoms with E-state index < -0.39 is 0 Å². The Kier molecular flexibility index (Phi) is 2.15. The molecule has 0 aromatic carbocycles. The highest BCUT2D eigenvalue weighted by atomic mass is 15.2. The van der Waals surface area contributed by atoms with Crippen molar-refractivity contribution in [3.63, 3.8) is 0 Å². The van der Waals surface area contributed by atoms with E-state index >= 15 is 0 Å². The number of hydrogen-bond acceptors (Lipinski definition) is 3. The van der Waals surface area contributed by atoms with Crippen LogP contribution < -0.4 is 5.32 Å². The van der Waals surface area contributed by atoms with Gasteiger partial charge in [-0.3, -0.25) is 0 Å². The van der Waals surface area contributed by atoms with Gasteiger partial charge in [-0.2, -0.15) is 5.10 Å². The van der Waals surface area contributed by atoms with E-state index in [0.717, 1.165) is 22.9 Å². The minimum atomic E-state index is 0.118. The summed E-state index contributed by atoms with van der Waals surface area (Å²) in [5, 5.41) is 7.97. The Morgan fingerprint density at radius 1 is 1.41 bits per heavy atom. The molecule has 1 saturated carbocycles. The standard InChI is InChI=1S/C13H18N4/c1-9-8-11-12(14-6-7-17(11)16-9)15-13(2,3)10-4-5-10/h6-8,10H,4-5H2,1-3H3,(H,14,15). The van der Waals surface area contributed by atoms with Crippen LogP contribution in [0.4, 0.5) is 5.82 Å². The van der Waals surface area contributed by atoms with Crippen molar-refractivity contribution in [1.82, 2.24) is 14.6 Å². The van der Waals surface area contributed by atoms with E-state index in [2.05, 4.69) is 35.3 Å². The zero-order valence-electron chi connectivity index (χ0n) is 10.6. The van der Waals surface area contributed by atoms with Crippen LogP contribution in [0.15, 0.2) is 18.5 Å². The molecule has 17 heavy (non-hydrogen) atoms. The van der Waals surface area contributed by atoms with E-state index in [0.29, 0.717) is 0 Å². The molecule has 3 rings (SSSR count). The molecule has 0 bridgehead atoms. The summed E-state index contributed by atoms with van der Waals surface area (Å²) in [4.78, 5) is 4.44. The van der Waals surface area contributed by atoms with E-state index in [1.807, 2.05) is 17.6 Å². The lowest BCUT2D eigenvalue weighted by Gasteiger charge is -2.27. The first-order valence-corrected chi connectivity index (χ1v) is 6.15. The largest absolute Gasteiger partial charge is 0.363 e. The molecule has 0 spiro atoms. The second-order valence-corrected chi connectivity index (χ2v) is 5.51. The molecule has 0 saturated heterocycles. The highest BCUT2D eigenvalue weighted by Crippen LogP contribution is 2.41. The van der Waals surface area contributed by atoms with Crippen LogP contribution in [-0.4, -0.2) is 20.1 Å². The van der Waals surface area contributed by atoms with Crippen LogP contribution in [0.1, 0.15) is 32.4 Å². The third-order valence-corrected chi connectivity index (χ3v) is 3.55. The number of hydrogen-bond donors (Lipinski definition) is 1. The molecule has 0 amide bonds. The van der Waals surface area contributed by atoms with Gasteiger partial charge in [-0.25, -0.2) is 9.50 Å². The average molecular weight is 230 g/mol. The Labute approximate surface area is 101 Å². The molecular formula is C13H18N4. The van der Waals surface area contributed by atoms with Crippen LogP contribution in [0.5, 0.6) is 0 Å². The molecule has 1 fully saturated rings. The third-order valence-electron chi connectivity index (χ3n) is 3.55. The molecule has 0 atom stereocenters. The Hall–Kier alpha value is -1.58. The molecule has 1 N–H and O–H groups in total. The summed E-state index contributed by atoms with van der Waals surface area (Å²) in [5.41, 5.74) is 2.19. The lowest BCUT2D eigenvalue weighted by Crippen LogP contribution is -2.33. The van der Waals surface area contributed by atoms with Crippen molar-refractivity contribution in [3.8, 4) is 0 Å². The quantitative estimate of drug-likeness (QED) is 0.881. The zero-order valence-corrected chi connectivity index (χ0v) is 10.6. The van der Waals surface area contributed by atoms with Crippen molar-refractivity contribution >= 4 is 11.3 Å². The van der Waals surface area contributed by atoms with E-state index in [4.69, 9.17) is 0 Å². The number of nitrogens with one attached hydrogen (secondary N) is 1. The summed E-state index contributed by atoms with van der Waals surface area (Å²) in [6.45, 7) is 6.50. The van der Waals surface area contributed by atoms with Gasteiger partial charge in [0.05, 0.1) is 5.69 Å². The first-order valence-electron chi connectivity index (χ1n) is 6.15. The van der Waals surface area contributed by atoms with Gasteiger partial charge in [-0.15, -0.1) is 0 Å². The smallest absolute Gasteiger partial charge is 0.152 e. The van der Waals surface area contributed by atoms with E-state index in [9.17, 15) is 0 Å². The first kappa shape index (κ1) is 10.6. The van der Waals surface area contributed by atoms with Crippen molar-refractivity contribution in [2.45, 2.75) is 39.2 Å². The molecule has 2 heterocycles. The summed E-state index contributed by atoms with van der Waals surface area (Å²) < 4.78 is 1.88. The van der Waals surface area contributed by atoms with Crippen molar-refractivity contribution in [3.05, 3.63) is 24.2 Å². The monoisotopic (exact) mass is 230 g/mol. The van der Waals surface area contributed by atoms with E-state index in [1.165, 1.54) is 12.8 Å². The van der Waals surface area contributed by atoms with Crippen molar-refractivity contribution in [2.24, 2.45) is 5.92 Å². The summed E-state index contributed by atoms with van der Waals surface area (Å²) in [6, 6.07) is 2.07. The first-order chi connectivity index (χ1) is 8.06. The van der Waals surface area contributed by atoms with E-state index in [-0.39, 0.29) is 5.54 Å². The minimum Gasteiger partial charge on any atom is -0.363 e. The molecule has 1 aliphatic rings. The predicted octanol–water partition coefficient (Wildman–Crippen LogP) is 2.64. The molecule has 0 unspecified atom stereocenters. The van der Waals surface area contributed by atoms with E-state index in [1.54, 1.807) is 6.20 Å². The SMILES string of the molecule is Cc1cc2c(NC(C)(C)C3CC3)nccn2n1. The van der Waals surface area contributed by atoms with Gasteiger partial charge in [0.2, 0.25) is 0 Å². The zero-order chi connectivity index (χ0) is 12.0. The highest BCUT2D eigenvalue weighted by Gasteiger charge is 2.38. The summed E-state index contributed by atoms with van der Waals surface area (Å²) in [5.74, 6) is 1.71. The van der Waals surface area contributed by atoms with Gasteiger partial charge in [-0.1, -0.05) is 0 Å². The van der Waals surface area contributed by atoms with Gasteiger partial charge in [-0.05, 0) is 45.6 Å². The van der Waals surface area contributed by atoms with Crippen molar-refractivity contribution in [1.29, 1.82) is 0 Å². The molecule has 4 heteroatoms. The Bertz CT molecular complexity index is 552. The Morgan fingerprint density at radius 3 is 2.88 bits per heavy atom. The van der Waals surface area contributed by atoms with Gasteiger partial charge in [0.1, 0.15) is 5.52 Å². The van der Waals surface area contributed by atoms with Crippen LogP contribution in [0, 0.1) is 12.8 Å². The van der Waals surface area contributed by atoms with Crippen LogP contribution in [-0.2, 0) is 0 Å². The maximum Gasteiger partial charge on any atom is 0.152 e. The Balaban J connectivity index is 1.99. The van der Waals surface area contributed by atoms with Gasteiger partial charge >= 0.3 is 0 Å². The van der Waals surface area contributed by atoms with Crippen LogP contribution in [0.3, 0.4) is 0 Å². The lowest BCUT2D eigenvalue weighted by molar-refractivity contribution is 0.493. The Morgan fingerprint density at radius 2 is 2.18 bits per heavy atom. The maximum atomic E-state index is 4.44. The van der Waals surface area contributed by atoms with Crippen LogP contribution in [0.25, 0.3) is 5.52 Å². The number of nitrogens with zero attached hydrogens (tertiary/aromatic N) is 3. The summed E-state index contributed by atoms with van der Waals surface area (Å²) >= 11 is 0. The van der Waals surface area contributed by atoms with Crippen molar-refractivity contribution < 1.29 is 0 Å². The fourth-order valence-corrected chi connectivity index (χ4v) is 2.35. The number of anilines is 1. The second-order valence-electron chi connectivity index (χ2n) is 5.51. The fraction of sp³-hybridized carbons (Fsp3) is 0.538. The molecule has 0 aliphatic heterocycles. The second kappa shape index (κ2) is 3.45. The molecule has 2 aromatic heterocycles. The molecule has 0 radical (unpaired) electrons. The summed E-state index contributed by atoms with van der Waals surface area (Å²) in [6.07, 6.45) is 6.32. The molecule has 2 aromatic rings. The number of fused-ring (bicyclic) bond motifs is 1. The van der Waals surface area contributed by atoms with Gasteiger partial charge in [0, 0.05) is 17.9 Å². The predicted molar refractivity (Wildman–Crippen MR) is 68.1 cm³/mol. The fourth-order valence-electron chi connectivity index (χ4n) is 2.35. The van der Waals surface area contributed by atoms with Crippen LogP contribution in [0.2, 0.25) is 0 Å². The normalized spacial score (nSPS) is 16.4. The van der Waals surface area contributed by atoms with Crippen LogP contribution >= 0.6 is 0 Å². The van der Waals surface area contributed by atoms with Gasteiger partial charge in [0.15, 0.2) is 5.82 Å². The van der Waals surface area contributed by atoms with Crippen molar-refractivity contribution in [2.75, 3.05) is 5.32 Å². The maximum absolute atomic E-state index is 4.44. The third kappa shape index (κ3) is 1.88. The highest BCUT2D eigenvalue weighted by molar-refractivity contribution is 5.68. The summed E-state index contributed by atoms with van der Waals surface area (Å²) in [7, 11) is 0. The minimum absolute atomic E-state index is 0.118. The molecule has 1 aliphatic carbocycles. The van der Waals surface area contributed by atoms with Gasteiger partial charge < -0.3 is 5.32 Å². The van der Waals surface area contributed by atoms with Gasteiger partial charge in [0.25, 0.3) is 0 Å².